The molecule has 0 aromatic rings. The van der Waals surface area contributed by atoms with Crippen molar-refractivity contribution in [1.29, 1.82) is 0 Å². The van der Waals surface area contributed by atoms with Crippen LogP contribution in [0.3, 0.4) is 0 Å². The van der Waals surface area contributed by atoms with E-state index in [1.54, 1.807) is 0 Å². The zero-order chi connectivity index (χ0) is 15.1. The van der Waals surface area contributed by atoms with E-state index in [9.17, 15) is 4.79 Å². The second kappa shape index (κ2) is 7.91. The summed E-state index contributed by atoms with van der Waals surface area (Å²) in [6.45, 7) is 15.5. The van der Waals surface area contributed by atoms with Crippen LogP contribution >= 0.6 is 0 Å². The number of ether oxygens (including phenoxy) is 1. The van der Waals surface area contributed by atoms with Crippen LogP contribution < -0.4 is 0 Å². The number of carbonyl (C=O) groups is 1. The van der Waals surface area contributed by atoms with E-state index < -0.39 is 5.41 Å². The van der Waals surface area contributed by atoms with Gasteiger partial charge in [0.1, 0.15) is 0 Å². The highest BCUT2D eigenvalue weighted by atomic mass is 16.5. The lowest BCUT2D eigenvalue weighted by Crippen LogP contribution is -2.42. The van der Waals surface area contributed by atoms with E-state index in [0.29, 0.717) is 12.5 Å². The van der Waals surface area contributed by atoms with Crippen LogP contribution in [-0.4, -0.2) is 12.6 Å². The molecule has 0 fully saturated rings. The molecule has 0 aromatic carbocycles. The minimum atomic E-state index is -0.397. The van der Waals surface area contributed by atoms with Crippen molar-refractivity contribution in [2.24, 2.45) is 16.7 Å². The first kappa shape index (κ1) is 18.5. The Bertz CT molecular complexity index is 263. The molecule has 0 aromatic heterocycles. The highest BCUT2D eigenvalue weighted by molar-refractivity contribution is 5.77. The van der Waals surface area contributed by atoms with Crippen LogP contribution in [-0.2, 0) is 9.53 Å². The Morgan fingerprint density at radius 3 is 2.05 bits per heavy atom. The minimum absolute atomic E-state index is 0.0230. The van der Waals surface area contributed by atoms with Crippen LogP contribution in [0.5, 0.6) is 0 Å². The van der Waals surface area contributed by atoms with Crippen molar-refractivity contribution in [1.82, 2.24) is 0 Å². The molecule has 0 aliphatic heterocycles. The van der Waals surface area contributed by atoms with Crippen LogP contribution in [0, 0.1) is 16.7 Å². The smallest absolute Gasteiger partial charge is 0.312 e. The van der Waals surface area contributed by atoms with Crippen LogP contribution in [0.15, 0.2) is 0 Å². The van der Waals surface area contributed by atoms with Gasteiger partial charge in [0, 0.05) is 0 Å². The number of unbranched alkanes of at least 4 members (excludes halogenated alkanes) is 3. The topological polar surface area (TPSA) is 26.3 Å². The van der Waals surface area contributed by atoms with E-state index >= 15 is 0 Å². The van der Waals surface area contributed by atoms with Gasteiger partial charge in [-0.1, -0.05) is 60.8 Å². The van der Waals surface area contributed by atoms with E-state index in [4.69, 9.17) is 4.74 Å². The first-order valence-corrected chi connectivity index (χ1v) is 7.82. The third kappa shape index (κ3) is 5.97. The molecule has 114 valence electrons. The molecule has 19 heavy (non-hydrogen) atoms. The Labute approximate surface area is 120 Å². The fourth-order valence-electron chi connectivity index (χ4n) is 2.37. The number of esters is 1. The predicted molar refractivity (Wildman–Crippen MR) is 82.1 cm³/mol. The maximum Gasteiger partial charge on any atom is 0.312 e. The van der Waals surface area contributed by atoms with Gasteiger partial charge in [0.25, 0.3) is 0 Å². The number of hydrogen-bond acceptors (Lipinski definition) is 2. The molecule has 0 amide bonds. The highest BCUT2D eigenvalue weighted by Crippen LogP contribution is 2.44. The molecule has 0 radical (unpaired) electrons. The molecule has 0 heterocycles. The average molecular weight is 270 g/mol. The molecule has 0 aliphatic rings. The van der Waals surface area contributed by atoms with Crippen molar-refractivity contribution < 1.29 is 9.53 Å². The molecule has 0 aliphatic carbocycles. The summed E-state index contributed by atoms with van der Waals surface area (Å²) in [5.41, 5.74) is -0.469. The lowest BCUT2D eigenvalue weighted by Gasteiger charge is -2.40. The van der Waals surface area contributed by atoms with Crippen molar-refractivity contribution in [3.05, 3.63) is 0 Å². The van der Waals surface area contributed by atoms with Crippen LogP contribution in [0.25, 0.3) is 0 Å². The molecule has 0 spiro atoms. The van der Waals surface area contributed by atoms with Crippen molar-refractivity contribution in [2.45, 2.75) is 80.6 Å². The normalized spacial score (nSPS) is 15.4. The highest BCUT2D eigenvalue weighted by Gasteiger charge is 2.45. The standard InChI is InChI=1S/C17H34O2/c1-8-9-10-11-12-19-15(18)17(7,13-14(2)3)16(4,5)6/h14H,8-13H2,1-7H3. The van der Waals surface area contributed by atoms with Crippen molar-refractivity contribution in [3.8, 4) is 0 Å². The quantitative estimate of drug-likeness (QED) is 0.447. The fourth-order valence-corrected chi connectivity index (χ4v) is 2.37. The minimum Gasteiger partial charge on any atom is -0.465 e. The summed E-state index contributed by atoms with van der Waals surface area (Å²) >= 11 is 0. The van der Waals surface area contributed by atoms with Gasteiger partial charge in [-0.3, -0.25) is 4.79 Å². The molecule has 1 unspecified atom stereocenters. The van der Waals surface area contributed by atoms with Gasteiger partial charge in [0.05, 0.1) is 12.0 Å². The second-order valence-corrected chi connectivity index (χ2v) is 7.38. The van der Waals surface area contributed by atoms with E-state index in [1.165, 1.54) is 12.8 Å². The molecule has 0 N–H and O–H groups in total. The summed E-state index contributed by atoms with van der Waals surface area (Å²) in [5, 5.41) is 0. The summed E-state index contributed by atoms with van der Waals surface area (Å²) in [6.07, 6.45) is 5.45. The van der Waals surface area contributed by atoms with Crippen molar-refractivity contribution in [2.75, 3.05) is 6.61 Å². The molecule has 0 saturated heterocycles. The first-order valence-electron chi connectivity index (χ1n) is 7.82. The average Bonchev–Trinajstić information content (AvgIpc) is 2.25. The van der Waals surface area contributed by atoms with Gasteiger partial charge >= 0.3 is 5.97 Å². The Morgan fingerprint density at radius 2 is 1.63 bits per heavy atom. The van der Waals surface area contributed by atoms with E-state index in [2.05, 4.69) is 48.5 Å². The number of carbonyl (C=O) groups excluding carboxylic acids is 1. The van der Waals surface area contributed by atoms with Crippen LogP contribution in [0.4, 0.5) is 0 Å². The summed E-state index contributed by atoms with van der Waals surface area (Å²) in [6, 6.07) is 0. The summed E-state index contributed by atoms with van der Waals surface area (Å²) in [4.78, 5) is 12.5. The van der Waals surface area contributed by atoms with E-state index in [-0.39, 0.29) is 11.4 Å². The number of rotatable bonds is 8. The summed E-state index contributed by atoms with van der Waals surface area (Å²) < 4.78 is 5.54. The summed E-state index contributed by atoms with van der Waals surface area (Å²) in [7, 11) is 0. The Balaban J connectivity index is 4.49. The van der Waals surface area contributed by atoms with Gasteiger partial charge < -0.3 is 4.74 Å². The largest absolute Gasteiger partial charge is 0.465 e. The van der Waals surface area contributed by atoms with Crippen molar-refractivity contribution in [3.63, 3.8) is 0 Å². The van der Waals surface area contributed by atoms with Gasteiger partial charge in [0.2, 0.25) is 0 Å². The zero-order valence-electron chi connectivity index (χ0n) is 14.1. The lowest BCUT2D eigenvalue weighted by atomic mass is 9.64. The Hall–Kier alpha value is -0.530. The third-order valence-electron chi connectivity index (χ3n) is 4.15. The molecule has 0 bridgehead atoms. The molecule has 2 heteroatoms. The fraction of sp³-hybridized carbons (Fsp3) is 0.941. The monoisotopic (exact) mass is 270 g/mol. The maximum absolute atomic E-state index is 12.5. The van der Waals surface area contributed by atoms with Gasteiger partial charge in [-0.2, -0.15) is 0 Å². The van der Waals surface area contributed by atoms with E-state index in [0.717, 1.165) is 19.3 Å². The lowest BCUT2D eigenvalue weighted by molar-refractivity contribution is -0.163. The van der Waals surface area contributed by atoms with Gasteiger partial charge in [0.15, 0.2) is 0 Å². The second-order valence-electron chi connectivity index (χ2n) is 7.38. The van der Waals surface area contributed by atoms with E-state index in [1.807, 2.05) is 0 Å². The zero-order valence-corrected chi connectivity index (χ0v) is 14.1. The van der Waals surface area contributed by atoms with Crippen LogP contribution in [0.2, 0.25) is 0 Å². The molecule has 1 atom stereocenters. The summed E-state index contributed by atoms with van der Waals surface area (Å²) in [5.74, 6) is 0.474. The van der Waals surface area contributed by atoms with Crippen molar-refractivity contribution >= 4 is 5.97 Å². The molecule has 0 rings (SSSR count). The SMILES string of the molecule is CCCCCCOC(=O)C(C)(CC(C)C)C(C)(C)C. The molecular weight excluding hydrogens is 236 g/mol. The van der Waals surface area contributed by atoms with Gasteiger partial charge in [-0.25, -0.2) is 0 Å². The molecule has 2 nitrogen and oxygen atoms in total. The van der Waals surface area contributed by atoms with Gasteiger partial charge in [-0.15, -0.1) is 0 Å². The third-order valence-corrected chi connectivity index (χ3v) is 4.15. The Kier molecular flexibility index (Phi) is 7.69. The van der Waals surface area contributed by atoms with Gasteiger partial charge in [-0.05, 0) is 31.1 Å². The maximum atomic E-state index is 12.5. The predicted octanol–water partition coefficient (Wildman–Crippen LogP) is 5.21. The number of hydrogen-bond donors (Lipinski definition) is 0. The molecular formula is C17H34O2. The first-order chi connectivity index (χ1) is 8.65. The van der Waals surface area contributed by atoms with Crippen LogP contribution in [0.1, 0.15) is 80.6 Å². The Morgan fingerprint density at radius 1 is 1.05 bits per heavy atom. The molecule has 0 saturated carbocycles.